The van der Waals surface area contributed by atoms with Crippen LogP contribution in [0.3, 0.4) is 0 Å². The van der Waals surface area contributed by atoms with Gasteiger partial charge in [0.2, 0.25) is 11.8 Å². The van der Waals surface area contributed by atoms with Crippen LogP contribution in [0.15, 0.2) is 24.3 Å². The van der Waals surface area contributed by atoms with Gasteiger partial charge in [0.15, 0.2) is 0 Å². The van der Waals surface area contributed by atoms with Crippen LogP contribution in [0.1, 0.15) is 45.6 Å². The Morgan fingerprint density at radius 3 is 2.31 bits per heavy atom. The van der Waals surface area contributed by atoms with Crippen molar-refractivity contribution in [2.24, 2.45) is 11.3 Å². The van der Waals surface area contributed by atoms with Crippen molar-refractivity contribution < 1.29 is 19.9 Å². The Labute approximate surface area is 159 Å². The number of carbonyl (C=O) groups excluding carboxylic acids is 2. The van der Waals surface area contributed by atoms with Crippen LogP contribution in [0.25, 0.3) is 0 Å². The lowest BCUT2D eigenvalue weighted by Gasteiger charge is -2.31. The Kier molecular flexibility index (Phi) is 9.05. The molecule has 2 amide bonds. The molecule has 1 aromatic carbocycles. The summed E-state index contributed by atoms with van der Waals surface area (Å²) in [5.41, 5.74) is 2.37. The van der Waals surface area contributed by atoms with Crippen molar-refractivity contribution in [1.82, 2.24) is 10.8 Å². The third-order valence-electron chi connectivity index (χ3n) is 4.40. The van der Waals surface area contributed by atoms with Gasteiger partial charge in [-0.15, -0.1) is 0 Å². The van der Waals surface area contributed by atoms with E-state index >= 15 is 0 Å². The van der Waals surface area contributed by atoms with Crippen LogP contribution in [-0.2, 0) is 16.0 Å². The Hall–Kier alpha value is -1.63. The molecule has 1 aromatic rings. The first-order valence-electron chi connectivity index (χ1n) is 8.76. The summed E-state index contributed by atoms with van der Waals surface area (Å²) < 4.78 is 0. The number of rotatable bonds is 9. The van der Waals surface area contributed by atoms with Crippen LogP contribution < -0.4 is 10.8 Å². The van der Waals surface area contributed by atoms with Gasteiger partial charge in [-0.2, -0.15) is 0 Å². The SMILES string of the molecule is CC(C)(C)[C@@H](CO)NC(=O)[C@H](CCCc1ccc(Cl)cc1)CC(=O)NO. The Bertz CT molecular complexity index is 584. The van der Waals surface area contributed by atoms with Crippen molar-refractivity contribution in [3.05, 3.63) is 34.9 Å². The summed E-state index contributed by atoms with van der Waals surface area (Å²) in [5, 5.41) is 21.8. The average molecular weight is 385 g/mol. The molecule has 6 nitrogen and oxygen atoms in total. The summed E-state index contributed by atoms with van der Waals surface area (Å²) in [4.78, 5) is 24.1. The molecule has 0 fully saturated rings. The highest BCUT2D eigenvalue weighted by atomic mass is 35.5. The number of amides is 2. The van der Waals surface area contributed by atoms with Crippen LogP contribution in [0.2, 0.25) is 5.02 Å². The maximum absolute atomic E-state index is 12.6. The third-order valence-corrected chi connectivity index (χ3v) is 4.66. The number of aliphatic hydroxyl groups is 1. The number of nitrogens with one attached hydrogen (secondary N) is 2. The highest BCUT2D eigenvalue weighted by molar-refractivity contribution is 6.30. The first-order valence-corrected chi connectivity index (χ1v) is 9.13. The first-order chi connectivity index (χ1) is 12.2. The van der Waals surface area contributed by atoms with Gasteiger partial charge < -0.3 is 10.4 Å². The van der Waals surface area contributed by atoms with Crippen molar-refractivity contribution in [2.45, 2.75) is 52.5 Å². The third kappa shape index (κ3) is 7.72. The number of benzene rings is 1. The smallest absolute Gasteiger partial charge is 0.244 e. The average Bonchev–Trinajstić information content (AvgIpc) is 2.58. The predicted octanol–water partition coefficient (Wildman–Crippen LogP) is 2.70. The van der Waals surface area contributed by atoms with E-state index in [1.54, 1.807) is 5.48 Å². The van der Waals surface area contributed by atoms with Crippen molar-refractivity contribution in [2.75, 3.05) is 6.61 Å². The fourth-order valence-corrected chi connectivity index (χ4v) is 2.75. The van der Waals surface area contributed by atoms with Gasteiger partial charge in [0.25, 0.3) is 0 Å². The molecule has 26 heavy (non-hydrogen) atoms. The van der Waals surface area contributed by atoms with Crippen molar-refractivity contribution >= 4 is 23.4 Å². The quantitative estimate of drug-likeness (QED) is 0.388. The Morgan fingerprint density at radius 1 is 1.19 bits per heavy atom. The number of halogens is 1. The predicted molar refractivity (Wildman–Crippen MR) is 101 cm³/mol. The minimum Gasteiger partial charge on any atom is -0.394 e. The van der Waals surface area contributed by atoms with E-state index in [1.807, 2.05) is 45.0 Å². The van der Waals surface area contributed by atoms with Crippen molar-refractivity contribution in [3.63, 3.8) is 0 Å². The lowest BCUT2D eigenvalue weighted by molar-refractivity contribution is -0.135. The molecule has 0 aliphatic carbocycles. The molecule has 0 heterocycles. The van der Waals surface area contributed by atoms with E-state index in [0.717, 1.165) is 12.0 Å². The number of aryl methyl sites for hydroxylation is 1. The van der Waals surface area contributed by atoms with Crippen LogP contribution in [-0.4, -0.2) is 34.8 Å². The summed E-state index contributed by atoms with van der Waals surface area (Å²) in [7, 11) is 0. The molecule has 0 aliphatic rings. The van der Waals surface area contributed by atoms with E-state index < -0.39 is 17.9 Å². The monoisotopic (exact) mass is 384 g/mol. The Morgan fingerprint density at radius 2 is 1.81 bits per heavy atom. The number of hydroxylamine groups is 1. The van der Waals surface area contributed by atoms with Gasteiger partial charge in [0, 0.05) is 17.4 Å². The second-order valence-corrected chi connectivity index (χ2v) is 8.00. The van der Waals surface area contributed by atoms with E-state index in [-0.39, 0.29) is 24.3 Å². The molecule has 0 saturated heterocycles. The zero-order valence-corrected chi connectivity index (χ0v) is 16.3. The van der Waals surface area contributed by atoms with Gasteiger partial charge in [0.1, 0.15) is 0 Å². The zero-order chi connectivity index (χ0) is 19.7. The number of hydrogen-bond donors (Lipinski definition) is 4. The largest absolute Gasteiger partial charge is 0.394 e. The van der Waals surface area contributed by atoms with Gasteiger partial charge in [-0.3, -0.25) is 14.8 Å². The molecule has 0 radical (unpaired) electrons. The van der Waals surface area contributed by atoms with Gasteiger partial charge in [0.05, 0.1) is 12.6 Å². The topological polar surface area (TPSA) is 98.7 Å². The highest BCUT2D eigenvalue weighted by Crippen LogP contribution is 2.21. The second kappa shape index (κ2) is 10.5. The number of carbonyl (C=O) groups is 2. The molecule has 0 saturated carbocycles. The van der Waals surface area contributed by atoms with E-state index in [9.17, 15) is 14.7 Å². The lowest BCUT2D eigenvalue weighted by Crippen LogP contribution is -2.48. The summed E-state index contributed by atoms with van der Waals surface area (Å²) in [5.74, 6) is -1.47. The van der Waals surface area contributed by atoms with Crippen LogP contribution in [0.5, 0.6) is 0 Å². The molecule has 146 valence electrons. The van der Waals surface area contributed by atoms with Gasteiger partial charge >= 0.3 is 0 Å². The fourth-order valence-electron chi connectivity index (χ4n) is 2.62. The molecular weight excluding hydrogens is 356 g/mol. The molecular formula is C19H29ClN2O4. The minimum atomic E-state index is -0.604. The van der Waals surface area contributed by atoms with Crippen LogP contribution in [0.4, 0.5) is 0 Å². The van der Waals surface area contributed by atoms with E-state index in [2.05, 4.69) is 5.32 Å². The van der Waals surface area contributed by atoms with Crippen molar-refractivity contribution in [3.8, 4) is 0 Å². The summed E-state index contributed by atoms with van der Waals surface area (Å²) >= 11 is 5.87. The first kappa shape index (κ1) is 22.4. The maximum Gasteiger partial charge on any atom is 0.244 e. The van der Waals surface area contributed by atoms with Gasteiger partial charge in [-0.1, -0.05) is 44.5 Å². The zero-order valence-electron chi connectivity index (χ0n) is 15.6. The fraction of sp³-hybridized carbons (Fsp3) is 0.579. The van der Waals surface area contributed by atoms with Gasteiger partial charge in [-0.25, -0.2) is 5.48 Å². The standard InChI is InChI=1S/C19H29ClN2O4/c1-19(2,3)16(12-23)21-18(25)14(11-17(24)22-26)6-4-5-13-7-9-15(20)10-8-13/h7-10,14,16,23,26H,4-6,11-12H2,1-3H3,(H,21,25)(H,22,24)/t14-,16-/m1/s1. The Balaban J connectivity index is 2.69. The normalized spacial score (nSPS) is 13.8. The molecule has 2 atom stereocenters. The number of hydrogen-bond acceptors (Lipinski definition) is 4. The van der Waals surface area contributed by atoms with Crippen LogP contribution >= 0.6 is 11.6 Å². The van der Waals surface area contributed by atoms with Gasteiger partial charge in [-0.05, 0) is 42.4 Å². The molecule has 7 heteroatoms. The molecule has 1 rings (SSSR count). The number of aliphatic hydroxyl groups excluding tert-OH is 1. The van der Waals surface area contributed by atoms with E-state index in [0.29, 0.717) is 17.9 Å². The highest BCUT2D eigenvalue weighted by Gasteiger charge is 2.29. The summed E-state index contributed by atoms with van der Waals surface area (Å²) in [6, 6.07) is 7.08. The van der Waals surface area contributed by atoms with Crippen LogP contribution in [0, 0.1) is 11.3 Å². The molecule has 0 unspecified atom stereocenters. The maximum atomic E-state index is 12.6. The molecule has 0 bridgehead atoms. The minimum absolute atomic E-state index is 0.106. The van der Waals surface area contributed by atoms with Crippen molar-refractivity contribution in [1.29, 1.82) is 0 Å². The summed E-state index contributed by atoms with van der Waals surface area (Å²) in [6.07, 6.45) is 1.84. The summed E-state index contributed by atoms with van der Waals surface area (Å²) in [6.45, 7) is 5.58. The molecule has 0 aromatic heterocycles. The van der Waals surface area contributed by atoms with E-state index in [1.165, 1.54) is 0 Å². The molecule has 0 aliphatic heterocycles. The molecule has 0 spiro atoms. The molecule has 4 N–H and O–H groups in total. The lowest BCUT2D eigenvalue weighted by atomic mass is 9.86. The second-order valence-electron chi connectivity index (χ2n) is 7.56. The van der Waals surface area contributed by atoms with E-state index in [4.69, 9.17) is 16.8 Å².